The van der Waals surface area contributed by atoms with Crippen molar-refractivity contribution in [1.82, 2.24) is 4.98 Å². The van der Waals surface area contributed by atoms with Crippen LogP contribution in [0.1, 0.15) is 68.6 Å². The maximum atomic E-state index is 13.4. The van der Waals surface area contributed by atoms with Gasteiger partial charge in [-0.2, -0.15) is 4.98 Å². The fourth-order valence-corrected chi connectivity index (χ4v) is 5.44. The normalized spacial score (nSPS) is 21.7. The van der Waals surface area contributed by atoms with Crippen molar-refractivity contribution in [1.29, 1.82) is 0 Å². The van der Waals surface area contributed by atoms with E-state index in [1.54, 1.807) is 11.9 Å². The van der Waals surface area contributed by atoms with Crippen molar-refractivity contribution >= 4 is 35.0 Å². The van der Waals surface area contributed by atoms with Crippen LogP contribution >= 0.6 is 11.9 Å². The number of nitrogens with one attached hydrogen (secondary N) is 2. The minimum absolute atomic E-state index is 0.123. The summed E-state index contributed by atoms with van der Waals surface area (Å²) in [4.78, 5) is 20.3. The van der Waals surface area contributed by atoms with E-state index < -0.39 is 0 Å². The average molecular weight is 479 g/mol. The number of carbonyl (C=O) groups is 1. The topological polar surface area (TPSA) is 66.5 Å². The zero-order valence-corrected chi connectivity index (χ0v) is 20.8. The van der Waals surface area contributed by atoms with Crippen LogP contribution in [0.15, 0.2) is 36.4 Å². The second-order valence-electron chi connectivity index (χ2n) is 10.9. The van der Waals surface area contributed by atoms with E-state index in [-0.39, 0.29) is 5.91 Å². The number of hydrogen-bond acceptors (Lipinski definition) is 6. The molecule has 0 bridgehead atoms. The van der Waals surface area contributed by atoms with Crippen LogP contribution in [0.2, 0.25) is 0 Å². The number of pyridine rings is 1. The van der Waals surface area contributed by atoms with Crippen LogP contribution in [-0.2, 0) is 0 Å². The van der Waals surface area contributed by atoms with Crippen LogP contribution in [0.4, 0.5) is 17.2 Å². The molecule has 0 atom stereocenters. The molecular formula is C27H34N4O2S. The highest BCUT2D eigenvalue weighted by Crippen LogP contribution is 2.54. The van der Waals surface area contributed by atoms with Gasteiger partial charge < -0.3 is 19.7 Å². The summed E-state index contributed by atoms with van der Waals surface area (Å²) in [7, 11) is 0. The molecule has 2 aromatic rings. The van der Waals surface area contributed by atoms with Gasteiger partial charge in [-0.25, -0.2) is 0 Å². The van der Waals surface area contributed by atoms with Gasteiger partial charge in [0.25, 0.3) is 5.91 Å². The number of amides is 1. The smallest absolute Gasteiger partial charge is 0.258 e. The Bertz CT molecular complexity index is 1070. The summed E-state index contributed by atoms with van der Waals surface area (Å²) in [6.07, 6.45) is 10.2. The molecule has 1 aromatic heterocycles. The lowest BCUT2D eigenvalue weighted by Crippen LogP contribution is -2.35. The minimum atomic E-state index is -0.123. The van der Waals surface area contributed by atoms with Gasteiger partial charge in [0.05, 0.1) is 17.9 Å². The van der Waals surface area contributed by atoms with Crippen molar-refractivity contribution in [2.45, 2.75) is 63.0 Å². The van der Waals surface area contributed by atoms with Crippen molar-refractivity contribution in [2.24, 2.45) is 11.3 Å². The van der Waals surface area contributed by atoms with E-state index in [2.05, 4.69) is 32.9 Å². The Kier molecular flexibility index (Phi) is 5.63. The van der Waals surface area contributed by atoms with Gasteiger partial charge in [0.2, 0.25) is 5.88 Å². The molecule has 3 aliphatic carbocycles. The Balaban J connectivity index is 1.19. The Morgan fingerprint density at radius 2 is 1.91 bits per heavy atom. The summed E-state index contributed by atoms with van der Waals surface area (Å²) in [5.74, 6) is 1.64. The highest BCUT2D eigenvalue weighted by atomic mass is 32.2. The van der Waals surface area contributed by atoms with Gasteiger partial charge >= 0.3 is 0 Å². The highest BCUT2D eigenvalue weighted by molar-refractivity contribution is 8.02. The van der Waals surface area contributed by atoms with E-state index in [0.717, 1.165) is 24.5 Å². The van der Waals surface area contributed by atoms with Gasteiger partial charge in [0, 0.05) is 29.6 Å². The first-order valence-electron chi connectivity index (χ1n) is 12.7. The molecule has 0 radical (unpaired) electrons. The zero-order valence-electron chi connectivity index (χ0n) is 19.9. The fourth-order valence-electron chi connectivity index (χ4n) is 4.64. The lowest BCUT2D eigenvalue weighted by molar-refractivity contribution is 0.102. The molecule has 2 heterocycles. The van der Waals surface area contributed by atoms with Crippen molar-refractivity contribution in [3.05, 3.63) is 42.0 Å². The van der Waals surface area contributed by atoms with E-state index in [0.29, 0.717) is 39.9 Å². The number of aromatic nitrogens is 1. The second kappa shape index (κ2) is 8.67. The third kappa shape index (κ3) is 5.14. The number of rotatable bonds is 9. The molecular weight excluding hydrogens is 444 g/mol. The van der Waals surface area contributed by atoms with E-state index in [1.165, 1.54) is 51.4 Å². The molecule has 1 saturated heterocycles. The van der Waals surface area contributed by atoms with Crippen LogP contribution in [0, 0.1) is 11.3 Å². The van der Waals surface area contributed by atoms with Crippen LogP contribution < -0.4 is 19.7 Å². The molecule has 180 valence electrons. The van der Waals surface area contributed by atoms with Gasteiger partial charge in [-0.05, 0) is 106 Å². The maximum absolute atomic E-state index is 13.4. The van der Waals surface area contributed by atoms with Crippen LogP contribution in [-0.4, -0.2) is 35.3 Å². The van der Waals surface area contributed by atoms with E-state index in [9.17, 15) is 4.79 Å². The van der Waals surface area contributed by atoms with Gasteiger partial charge in [-0.1, -0.05) is 6.07 Å². The molecule has 4 fully saturated rings. The number of piperidine rings is 1. The molecule has 6 rings (SSSR count). The monoisotopic (exact) mass is 478 g/mol. The first-order chi connectivity index (χ1) is 16.5. The number of ether oxygens (including phenoxy) is 1. The molecule has 4 aliphatic rings. The summed E-state index contributed by atoms with van der Waals surface area (Å²) >= 11 is 1.80. The Morgan fingerprint density at radius 1 is 1.12 bits per heavy atom. The van der Waals surface area contributed by atoms with Gasteiger partial charge in [-0.3, -0.25) is 4.79 Å². The molecule has 1 aromatic carbocycles. The molecule has 34 heavy (non-hydrogen) atoms. The number of anilines is 3. The van der Waals surface area contributed by atoms with E-state index in [4.69, 9.17) is 4.74 Å². The minimum Gasteiger partial charge on any atom is -0.477 e. The van der Waals surface area contributed by atoms with Gasteiger partial charge in [0.1, 0.15) is 5.82 Å². The molecule has 6 nitrogen and oxygen atoms in total. The van der Waals surface area contributed by atoms with Gasteiger partial charge in [-0.15, -0.1) is 0 Å². The summed E-state index contributed by atoms with van der Waals surface area (Å²) in [6.45, 7) is 5.02. The molecule has 0 unspecified atom stereocenters. The quantitative estimate of drug-likeness (QED) is 0.424. The Morgan fingerprint density at radius 3 is 2.62 bits per heavy atom. The van der Waals surface area contributed by atoms with Crippen LogP contribution in [0.3, 0.4) is 0 Å². The lowest BCUT2D eigenvalue weighted by Gasteiger charge is -2.35. The Labute approximate surface area is 206 Å². The maximum Gasteiger partial charge on any atom is 0.258 e. The predicted molar refractivity (Wildman–Crippen MR) is 139 cm³/mol. The number of carbonyl (C=O) groups excluding carboxylic acids is 1. The molecule has 7 heteroatoms. The number of nitrogens with zero attached hydrogens (tertiary/aromatic N) is 2. The molecule has 3 saturated carbocycles. The SMILES string of the molecule is CC1(SNc2ccc(C(=O)Nc3cccc(OCC4CC4)n3)c(N3CCC4(CC3)CC4)c2)CC1. The standard InChI is InChI=1S/C27H34N4O2S/c1-26(9-10-26)34-30-20-7-8-21(22(17-20)31-15-13-27(11-12-27)14-16-31)25(32)29-23-3-2-4-24(28-23)33-18-19-5-6-19/h2-4,7-8,17,19,30H,5-6,9-16,18H2,1H3,(H,28,29,32). The second-order valence-corrected chi connectivity index (χ2v) is 12.3. The summed E-state index contributed by atoms with van der Waals surface area (Å²) in [5.41, 5.74) is 3.37. The third-order valence-electron chi connectivity index (χ3n) is 7.86. The van der Waals surface area contributed by atoms with Gasteiger partial charge in [0.15, 0.2) is 0 Å². The average Bonchev–Trinajstić information content (AvgIpc) is 3.74. The highest BCUT2D eigenvalue weighted by Gasteiger charge is 2.44. The van der Waals surface area contributed by atoms with Crippen LogP contribution in [0.25, 0.3) is 0 Å². The van der Waals surface area contributed by atoms with Crippen molar-refractivity contribution < 1.29 is 9.53 Å². The molecule has 1 amide bonds. The van der Waals surface area contributed by atoms with Crippen LogP contribution in [0.5, 0.6) is 5.88 Å². The van der Waals surface area contributed by atoms with Crippen molar-refractivity contribution in [3.8, 4) is 5.88 Å². The summed E-state index contributed by atoms with van der Waals surface area (Å²) in [5, 5.41) is 3.01. The predicted octanol–water partition coefficient (Wildman–Crippen LogP) is 6.12. The summed E-state index contributed by atoms with van der Waals surface area (Å²) in [6, 6.07) is 11.7. The van der Waals surface area contributed by atoms with E-state index >= 15 is 0 Å². The number of hydrogen-bond donors (Lipinski definition) is 2. The Hall–Kier alpha value is -2.41. The third-order valence-corrected chi connectivity index (χ3v) is 9.10. The lowest BCUT2D eigenvalue weighted by atomic mass is 9.93. The van der Waals surface area contributed by atoms with Crippen molar-refractivity contribution in [3.63, 3.8) is 0 Å². The molecule has 2 N–H and O–H groups in total. The summed E-state index contributed by atoms with van der Waals surface area (Å²) < 4.78 is 9.68. The first kappa shape index (κ1) is 22.1. The first-order valence-corrected chi connectivity index (χ1v) is 13.6. The van der Waals surface area contributed by atoms with Crippen molar-refractivity contribution in [2.75, 3.05) is 34.6 Å². The fraction of sp³-hybridized carbons (Fsp3) is 0.556. The molecule has 1 spiro atoms. The number of benzene rings is 1. The van der Waals surface area contributed by atoms with E-state index in [1.807, 2.05) is 30.3 Å². The zero-order chi connectivity index (χ0) is 23.2. The molecule has 1 aliphatic heterocycles. The largest absolute Gasteiger partial charge is 0.477 e.